The van der Waals surface area contributed by atoms with Gasteiger partial charge in [0.25, 0.3) is 5.91 Å². The molecular formula is C19H27ClN6OS. The van der Waals surface area contributed by atoms with E-state index in [0.29, 0.717) is 16.6 Å². The van der Waals surface area contributed by atoms with Gasteiger partial charge in [-0.3, -0.25) is 9.78 Å². The SMILES string of the molecule is Cl.Nc1nnc(C2(NC(=O)c3cncc(CC4CCNC4)c3)CCCCC2)s1. The third kappa shape index (κ3) is 4.61. The van der Waals surface area contributed by atoms with Crippen LogP contribution in [-0.2, 0) is 12.0 Å². The average Bonchev–Trinajstić information content (AvgIpc) is 3.35. The number of hydrogen-bond donors (Lipinski definition) is 3. The molecule has 2 aliphatic rings. The van der Waals surface area contributed by atoms with Crippen LogP contribution >= 0.6 is 23.7 Å². The minimum atomic E-state index is -0.462. The van der Waals surface area contributed by atoms with E-state index in [-0.39, 0.29) is 18.3 Å². The molecule has 3 heterocycles. The van der Waals surface area contributed by atoms with Crippen molar-refractivity contribution in [2.24, 2.45) is 5.92 Å². The Labute approximate surface area is 175 Å². The Morgan fingerprint density at radius 3 is 2.79 bits per heavy atom. The number of amides is 1. The fourth-order valence-electron chi connectivity index (χ4n) is 4.21. The Morgan fingerprint density at radius 2 is 2.11 bits per heavy atom. The summed E-state index contributed by atoms with van der Waals surface area (Å²) in [6, 6.07) is 1.98. The summed E-state index contributed by atoms with van der Waals surface area (Å²) in [7, 11) is 0. The largest absolute Gasteiger partial charge is 0.374 e. The number of carbonyl (C=O) groups excluding carboxylic acids is 1. The molecule has 4 rings (SSSR count). The molecule has 1 aliphatic carbocycles. The molecule has 0 bridgehead atoms. The van der Waals surface area contributed by atoms with Gasteiger partial charge in [0.2, 0.25) is 5.13 Å². The number of pyridine rings is 1. The highest BCUT2D eigenvalue weighted by molar-refractivity contribution is 7.15. The van der Waals surface area contributed by atoms with E-state index < -0.39 is 5.54 Å². The highest BCUT2D eigenvalue weighted by Crippen LogP contribution is 2.39. The number of hydrogen-bond acceptors (Lipinski definition) is 7. The fourth-order valence-corrected chi connectivity index (χ4v) is 5.02. The van der Waals surface area contributed by atoms with E-state index in [1.807, 2.05) is 12.3 Å². The van der Waals surface area contributed by atoms with Crippen LogP contribution in [0.4, 0.5) is 5.13 Å². The lowest BCUT2D eigenvalue weighted by Gasteiger charge is -2.36. The molecule has 152 valence electrons. The molecule has 4 N–H and O–H groups in total. The summed E-state index contributed by atoms with van der Waals surface area (Å²) in [6.07, 6.45) is 10.7. The smallest absolute Gasteiger partial charge is 0.253 e. The summed E-state index contributed by atoms with van der Waals surface area (Å²) in [5, 5.41) is 16.1. The topological polar surface area (TPSA) is 106 Å². The molecule has 1 unspecified atom stereocenters. The number of anilines is 1. The monoisotopic (exact) mass is 422 g/mol. The van der Waals surface area contributed by atoms with Crippen LogP contribution in [0.1, 0.15) is 59.5 Å². The Bertz CT molecular complexity index is 801. The van der Waals surface area contributed by atoms with E-state index in [1.54, 1.807) is 6.20 Å². The van der Waals surface area contributed by atoms with Crippen molar-refractivity contribution in [1.82, 2.24) is 25.8 Å². The van der Waals surface area contributed by atoms with Gasteiger partial charge < -0.3 is 16.4 Å². The van der Waals surface area contributed by atoms with E-state index in [9.17, 15) is 4.79 Å². The molecule has 2 aromatic rings. The van der Waals surface area contributed by atoms with E-state index in [2.05, 4.69) is 25.8 Å². The van der Waals surface area contributed by atoms with Crippen molar-refractivity contribution in [3.05, 3.63) is 34.6 Å². The standard InChI is InChI=1S/C19H26N6OS.ClH/c20-18-25-24-17(27-18)19(5-2-1-3-6-19)23-16(26)15-9-14(11-22-12-15)8-13-4-7-21-10-13;/h9,11-13,21H,1-8,10H2,(H2,20,25)(H,23,26);1H. The predicted molar refractivity (Wildman–Crippen MR) is 113 cm³/mol. The molecule has 1 atom stereocenters. The number of nitrogens with one attached hydrogen (secondary N) is 2. The van der Waals surface area contributed by atoms with E-state index in [0.717, 1.165) is 55.8 Å². The molecule has 1 aliphatic heterocycles. The molecule has 1 amide bonds. The Kier molecular flexibility index (Phi) is 6.85. The lowest BCUT2D eigenvalue weighted by molar-refractivity contribution is 0.0865. The van der Waals surface area contributed by atoms with Gasteiger partial charge in [-0.2, -0.15) is 0 Å². The number of halogens is 1. The van der Waals surface area contributed by atoms with Gasteiger partial charge >= 0.3 is 0 Å². The highest BCUT2D eigenvalue weighted by atomic mass is 35.5. The first kappa shape index (κ1) is 21.0. The number of nitrogens with zero attached hydrogens (tertiary/aromatic N) is 3. The van der Waals surface area contributed by atoms with Crippen molar-refractivity contribution in [3.8, 4) is 0 Å². The maximum absolute atomic E-state index is 13.0. The first-order valence-corrected chi connectivity index (χ1v) is 10.5. The maximum Gasteiger partial charge on any atom is 0.253 e. The molecule has 0 aromatic carbocycles. The van der Waals surface area contributed by atoms with Gasteiger partial charge in [0.05, 0.1) is 11.1 Å². The van der Waals surface area contributed by atoms with Gasteiger partial charge in [-0.05, 0) is 56.3 Å². The lowest BCUT2D eigenvalue weighted by Crippen LogP contribution is -2.47. The lowest BCUT2D eigenvalue weighted by atomic mass is 9.82. The van der Waals surface area contributed by atoms with Crippen molar-refractivity contribution >= 4 is 34.8 Å². The van der Waals surface area contributed by atoms with Crippen molar-refractivity contribution in [3.63, 3.8) is 0 Å². The second-order valence-corrected chi connectivity index (χ2v) is 8.70. The zero-order valence-corrected chi connectivity index (χ0v) is 17.5. The van der Waals surface area contributed by atoms with Gasteiger partial charge in [-0.1, -0.05) is 30.6 Å². The summed E-state index contributed by atoms with van der Waals surface area (Å²) in [5.74, 6) is 0.531. The molecule has 28 heavy (non-hydrogen) atoms. The van der Waals surface area contributed by atoms with Crippen LogP contribution in [0, 0.1) is 5.92 Å². The van der Waals surface area contributed by atoms with Crippen LogP contribution in [-0.4, -0.2) is 34.2 Å². The van der Waals surface area contributed by atoms with Crippen LogP contribution in [0.15, 0.2) is 18.5 Å². The minimum absolute atomic E-state index is 0. The number of nitrogen functional groups attached to an aromatic ring is 1. The molecule has 2 fully saturated rings. The van der Waals surface area contributed by atoms with E-state index in [1.165, 1.54) is 24.2 Å². The molecule has 0 spiro atoms. The van der Waals surface area contributed by atoms with Crippen LogP contribution in [0.5, 0.6) is 0 Å². The van der Waals surface area contributed by atoms with Gasteiger partial charge in [-0.25, -0.2) is 0 Å². The summed E-state index contributed by atoms with van der Waals surface area (Å²) >= 11 is 1.37. The molecule has 1 saturated heterocycles. The zero-order valence-electron chi connectivity index (χ0n) is 15.8. The Morgan fingerprint density at radius 1 is 1.29 bits per heavy atom. The van der Waals surface area contributed by atoms with E-state index >= 15 is 0 Å². The van der Waals surface area contributed by atoms with Crippen LogP contribution < -0.4 is 16.4 Å². The number of rotatable bonds is 5. The minimum Gasteiger partial charge on any atom is -0.374 e. The van der Waals surface area contributed by atoms with Crippen LogP contribution in [0.25, 0.3) is 0 Å². The van der Waals surface area contributed by atoms with Gasteiger partial charge in [0, 0.05) is 12.4 Å². The fraction of sp³-hybridized carbons (Fsp3) is 0.579. The Hall–Kier alpha value is -1.77. The van der Waals surface area contributed by atoms with E-state index in [4.69, 9.17) is 5.73 Å². The second-order valence-electron chi connectivity index (χ2n) is 7.69. The molecule has 0 radical (unpaired) electrons. The zero-order chi connectivity index (χ0) is 18.7. The number of nitrogens with two attached hydrogens (primary N) is 1. The first-order chi connectivity index (χ1) is 13.1. The quantitative estimate of drug-likeness (QED) is 0.684. The maximum atomic E-state index is 13.0. The second kappa shape index (κ2) is 9.15. The van der Waals surface area contributed by atoms with Crippen LogP contribution in [0.2, 0.25) is 0 Å². The molecule has 1 saturated carbocycles. The van der Waals surface area contributed by atoms with Crippen molar-refractivity contribution in [2.45, 2.75) is 50.5 Å². The van der Waals surface area contributed by atoms with Gasteiger partial charge in [0.1, 0.15) is 5.01 Å². The summed E-state index contributed by atoms with van der Waals surface area (Å²) in [6.45, 7) is 2.11. The third-order valence-corrected chi connectivity index (χ3v) is 6.61. The third-order valence-electron chi connectivity index (χ3n) is 5.65. The van der Waals surface area contributed by atoms with Gasteiger partial charge in [-0.15, -0.1) is 22.6 Å². The number of carbonyl (C=O) groups is 1. The molecule has 9 heteroatoms. The van der Waals surface area contributed by atoms with Crippen LogP contribution in [0.3, 0.4) is 0 Å². The van der Waals surface area contributed by atoms with Crippen molar-refractivity contribution < 1.29 is 4.79 Å². The number of aromatic nitrogens is 3. The summed E-state index contributed by atoms with van der Waals surface area (Å²) < 4.78 is 0. The first-order valence-electron chi connectivity index (χ1n) is 9.71. The highest BCUT2D eigenvalue weighted by Gasteiger charge is 2.39. The Balaban J connectivity index is 0.00000225. The predicted octanol–water partition coefficient (Wildman–Crippen LogP) is 2.68. The van der Waals surface area contributed by atoms with Crippen molar-refractivity contribution in [2.75, 3.05) is 18.8 Å². The summed E-state index contributed by atoms with van der Waals surface area (Å²) in [5.41, 5.74) is 7.07. The molecular weight excluding hydrogens is 396 g/mol. The average molecular weight is 423 g/mol. The normalized spacial score (nSPS) is 21.1. The molecule has 2 aromatic heterocycles. The molecule has 7 nitrogen and oxygen atoms in total. The van der Waals surface area contributed by atoms with Gasteiger partial charge in [0.15, 0.2) is 0 Å². The van der Waals surface area contributed by atoms with Crippen molar-refractivity contribution in [1.29, 1.82) is 0 Å². The summed E-state index contributed by atoms with van der Waals surface area (Å²) in [4.78, 5) is 17.4.